The Morgan fingerprint density at radius 3 is 2.10 bits per heavy atom. The van der Waals surface area contributed by atoms with E-state index in [1.807, 2.05) is 25.9 Å². The van der Waals surface area contributed by atoms with Gasteiger partial charge in [0.2, 0.25) is 10.0 Å². The molecule has 1 unspecified atom stereocenters. The predicted molar refractivity (Wildman–Crippen MR) is 82.0 cm³/mol. The first-order chi connectivity index (χ1) is 9.25. The zero-order valence-corrected chi connectivity index (χ0v) is 13.5. The molecule has 0 spiro atoms. The zero-order chi connectivity index (χ0) is 15.3. The number of hydrogen-bond donors (Lipinski definition) is 1. The molecule has 2 N–H and O–H groups in total. The predicted octanol–water partition coefficient (Wildman–Crippen LogP) is 1.28. The van der Waals surface area contributed by atoms with Gasteiger partial charge in [-0.15, -0.1) is 0 Å². The first kappa shape index (κ1) is 17.1. The van der Waals surface area contributed by atoms with Crippen molar-refractivity contribution in [2.75, 3.05) is 34.2 Å². The second-order valence-electron chi connectivity index (χ2n) is 5.34. The molecule has 0 aliphatic rings. The fraction of sp³-hybridized carbons (Fsp3) is 0.571. The van der Waals surface area contributed by atoms with Gasteiger partial charge in [-0.2, -0.15) is 0 Å². The second kappa shape index (κ2) is 7.17. The minimum atomic E-state index is -3.41. The molecule has 6 heteroatoms. The van der Waals surface area contributed by atoms with Gasteiger partial charge in [0.1, 0.15) is 0 Å². The van der Waals surface area contributed by atoms with Crippen molar-refractivity contribution in [3.63, 3.8) is 0 Å². The lowest BCUT2D eigenvalue weighted by atomic mass is 10.1. The van der Waals surface area contributed by atoms with Crippen LogP contribution in [0.5, 0.6) is 0 Å². The number of nitrogens with zero attached hydrogens (tertiary/aromatic N) is 2. The third-order valence-corrected chi connectivity index (χ3v) is 5.06. The summed E-state index contributed by atoms with van der Waals surface area (Å²) in [6.07, 6.45) is 0.806. The van der Waals surface area contributed by atoms with Crippen molar-refractivity contribution in [3.05, 3.63) is 29.8 Å². The summed E-state index contributed by atoms with van der Waals surface area (Å²) >= 11 is 0. The molecule has 0 aromatic heterocycles. The molecule has 1 rings (SSSR count). The Morgan fingerprint density at radius 2 is 1.65 bits per heavy atom. The molecule has 1 aromatic carbocycles. The summed E-state index contributed by atoms with van der Waals surface area (Å²) in [5.74, 6) is 0. The number of hydrogen-bond acceptors (Lipinski definition) is 4. The highest BCUT2D eigenvalue weighted by Crippen LogP contribution is 2.17. The summed E-state index contributed by atoms with van der Waals surface area (Å²) in [4.78, 5) is 2.35. The highest BCUT2D eigenvalue weighted by molar-refractivity contribution is 7.89. The molecule has 0 aliphatic carbocycles. The Morgan fingerprint density at radius 1 is 1.10 bits per heavy atom. The first-order valence-corrected chi connectivity index (χ1v) is 8.15. The van der Waals surface area contributed by atoms with E-state index in [1.54, 1.807) is 31.3 Å². The zero-order valence-electron chi connectivity index (χ0n) is 12.7. The second-order valence-corrected chi connectivity index (χ2v) is 7.39. The Balaban J connectivity index is 2.76. The lowest BCUT2D eigenvalue weighted by Gasteiger charge is -2.18. The molecule has 0 aliphatic heterocycles. The molecule has 0 saturated carbocycles. The van der Waals surface area contributed by atoms with E-state index in [4.69, 9.17) is 5.73 Å². The van der Waals surface area contributed by atoms with E-state index in [1.165, 1.54) is 4.31 Å². The summed E-state index contributed by atoms with van der Waals surface area (Å²) in [6.45, 7) is 3.25. The van der Waals surface area contributed by atoms with Crippen molar-refractivity contribution >= 4 is 10.0 Å². The molecule has 114 valence electrons. The van der Waals surface area contributed by atoms with Crippen molar-refractivity contribution in [1.82, 2.24) is 9.21 Å². The standard InChI is InChI=1S/C14H25N3O2S/c1-12(15)13-6-8-14(9-7-13)20(18,19)17(4)11-5-10-16(2)3/h6-9,12H,5,10-11,15H2,1-4H3. The van der Waals surface area contributed by atoms with E-state index < -0.39 is 10.0 Å². The van der Waals surface area contributed by atoms with Gasteiger partial charge in [-0.1, -0.05) is 12.1 Å². The van der Waals surface area contributed by atoms with E-state index in [0.717, 1.165) is 18.5 Å². The number of benzene rings is 1. The molecule has 20 heavy (non-hydrogen) atoms. The van der Waals surface area contributed by atoms with Crippen molar-refractivity contribution in [2.45, 2.75) is 24.3 Å². The van der Waals surface area contributed by atoms with Gasteiger partial charge in [0.15, 0.2) is 0 Å². The smallest absolute Gasteiger partial charge is 0.242 e. The average Bonchev–Trinajstić information content (AvgIpc) is 2.38. The molecular weight excluding hydrogens is 274 g/mol. The molecule has 1 aromatic rings. The van der Waals surface area contributed by atoms with E-state index >= 15 is 0 Å². The Hall–Kier alpha value is -0.950. The van der Waals surface area contributed by atoms with Crippen molar-refractivity contribution in [2.24, 2.45) is 5.73 Å². The summed E-state index contributed by atoms with van der Waals surface area (Å²) in [7, 11) is 2.16. The third kappa shape index (κ3) is 4.56. The van der Waals surface area contributed by atoms with Gasteiger partial charge < -0.3 is 10.6 Å². The molecule has 0 amide bonds. The molecule has 0 saturated heterocycles. The highest BCUT2D eigenvalue weighted by atomic mass is 32.2. The van der Waals surface area contributed by atoms with Crippen LogP contribution in [0.4, 0.5) is 0 Å². The van der Waals surface area contributed by atoms with Gasteiger partial charge >= 0.3 is 0 Å². The fourth-order valence-electron chi connectivity index (χ4n) is 1.85. The lowest BCUT2D eigenvalue weighted by Crippen LogP contribution is -2.29. The minimum absolute atomic E-state index is 0.0930. The van der Waals surface area contributed by atoms with Crippen LogP contribution in [0.25, 0.3) is 0 Å². The van der Waals surface area contributed by atoms with Crippen molar-refractivity contribution < 1.29 is 8.42 Å². The van der Waals surface area contributed by atoms with Crippen LogP contribution in [0.3, 0.4) is 0 Å². The molecule has 0 heterocycles. The fourth-order valence-corrected chi connectivity index (χ4v) is 3.06. The Kier molecular flexibility index (Phi) is 6.13. The minimum Gasteiger partial charge on any atom is -0.324 e. The summed E-state index contributed by atoms with van der Waals surface area (Å²) in [6, 6.07) is 6.69. The van der Waals surface area contributed by atoms with Gasteiger partial charge in [0, 0.05) is 19.6 Å². The quantitative estimate of drug-likeness (QED) is 0.823. The van der Waals surface area contributed by atoms with E-state index in [0.29, 0.717) is 11.4 Å². The normalized spacial score (nSPS) is 13.9. The summed E-state index contributed by atoms with van der Waals surface area (Å²) in [5.41, 5.74) is 6.69. The van der Waals surface area contributed by atoms with E-state index in [-0.39, 0.29) is 6.04 Å². The maximum absolute atomic E-state index is 12.4. The van der Waals surface area contributed by atoms with Gasteiger partial charge in [-0.3, -0.25) is 0 Å². The van der Waals surface area contributed by atoms with E-state index in [2.05, 4.69) is 0 Å². The van der Waals surface area contributed by atoms with Crippen LogP contribution in [-0.4, -0.2) is 51.9 Å². The van der Waals surface area contributed by atoms with Gasteiger partial charge in [0.05, 0.1) is 4.90 Å². The number of sulfonamides is 1. The average molecular weight is 299 g/mol. The Bertz CT molecular complexity index is 510. The van der Waals surface area contributed by atoms with Crippen LogP contribution in [0.2, 0.25) is 0 Å². The van der Waals surface area contributed by atoms with Crippen LogP contribution >= 0.6 is 0 Å². The van der Waals surface area contributed by atoms with Crippen LogP contribution in [0, 0.1) is 0 Å². The van der Waals surface area contributed by atoms with Crippen LogP contribution in [-0.2, 0) is 10.0 Å². The van der Waals surface area contributed by atoms with Crippen LogP contribution in [0.15, 0.2) is 29.2 Å². The van der Waals surface area contributed by atoms with Crippen LogP contribution < -0.4 is 5.73 Å². The monoisotopic (exact) mass is 299 g/mol. The largest absolute Gasteiger partial charge is 0.324 e. The topological polar surface area (TPSA) is 66.6 Å². The molecule has 0 fully saturated rings. The number of rotatable bonds is 7. The highest BCUT2D eigenvalue weighted by Gasteiger charge is 2.20. The molecular formula is C14H25N3O2S. The summed E-state index contributed by atoms with van der Waals surface area (Å²) < 4.78 is 26.1. The Labute approximate surface area is 122 Å². The van der Waals surface area contributed by atoms with E-state index in [9.17, 15) is 8.42 Å². The molecule has 0 radical (unpaired) electrons. The summed E-state index contributed by atoms with van der Waals surface area (Å²) in [5, 5.41) is 0. The molecule has 1 atom stereocenters. The van der Waals surface area contributed by atoms with Crippen molar-refractivity contribution in [1.29, 1.82) is 0 Å². The van der Waals surface area contributed by atoms with Gasteiger partial charge in [-0.05, 0) is 51.7 Å². The van der Waals surface area contributed by atoms with Crippen LogP contribution in [0.1, 0.15) is 24.9 Å². The molecule has 5 nitrogen and oxygen atoms in total. The SMILES string of the molecule is CC(N)c1ccc(S(=O)(=O)N(C)CCCN(C)C)cc1. The molecule has 0 bridgehead atoms. The number of nitrogens with two attached hydrogens (primary N) is 1. The van der Waals surface area contributed by atoms with Gasteiger partial charge in [-0.25, -0.2) is 12.7 Å². The maximum atomic E-state index is 12.4. The third-order valence-electron chi connectivity index (χ3n) is 3.19. The lowest BCUT2D eigenvalue weighted by molar-refractivity contribution is 0.370. The first-order valence-electron chi connectivity index (χ1n) is 6.71. The van der Waals surface area contributed by atoms with Gasteiger partial charge in [0.25, 0.3) is 0 Å². The van der Waals surface area contributed by atoms with Crippen molar-refractivity contribution in [3.8, 4) is 0 Å². The maximum Gasteiger partial charge on any atom is 0.242 e.